The highest BCUT2D eigenvalue weighted by Crippen LogP contribution is 2.14. The molecular formula is C18H21NO3S. The van der Waals surface area contributed by atoms with Gasteiger partial charge >= 0.3 is 0 Å². The summed E-state index contributed by atoms with van der Waals surface area (Å²) in [6.45, 7) is 3.26. The lowest BCUT2D eigenvalue weighted by atomic mass is 10.1. The van der Waals surface area contributed by atoms with Gasteiger partial charge < -0.3 is 0 Å². The van der Waals surface area contributed by atoms with Crippen LogP contribution in [0.2, 0.25) is 0 Å². The van der Waals surface area contributed by atoms with Gasteiger partial charge in [0.1, 0.15) is 0 Å². The fraction of sp³-hybridized carbons (Fsp3) is 0.278. The zero-order chi connectivity index (χ0) is 16.9. The summed E-state index contributed by atoms with van der Waals surface area (Å²) in [4.78, 5) is 11.5. The molecule has 23 heavy (non-hydrogen) atoms. The van der Waals surface area contributed by atoms with E-state index in [1.807, 2.05) is 37.3 Å². The van der Waals surface area contributed by atoms with Crippen LogP contribution in [0.25, 0.3) is 0 Å². The zero-order valence-electron chi connectivity index (χ0n) is 13.3. The molecule has 0 amide bonds. The van der Waals surface area contributed by atoms with Gasteiger partial charge in [0.05, 0.1) is 4.90 Å². The van der Waals surface area contributed by atoms with E-state index in [9.17, 15) is 13.2 Å². The predicted octanol–water partition coefficient (Wildman–Crippen LogP) is 3.19. The van der Waals surface area contributed by atoms with Crippen LogP contribution >= 0.6 is 0 Å². The van der Waals surface area contributed by atoms with Crippen molar-refractivity contribution in [3.05, 3.63) is 65.7 Å². The summed E-state index contributed by atoms with van der Waals surface area (Å²) >= 11 is 0. The van der Waals surface area contributed by atoms with E-state index < -0.39 is 10.0 Å². The Morgan fingerprint density at radius 2 is 1.78 bits per heavy atom. The number of hydrogen-bond acceptors (Lipinski definition) is 3. The molecule has 5 heteroatoms. The number of Topliss-reactive ketones (excluding diaryl/α,β-unsaturated/α-hetero) is 1. The number of nitrogens with one attached hydrogen (secondary N) is 1. The number of ketones is 1. The van der Waals surface area contributed by atoms with Crippen LogP contribution in [0.3, 0.4) is 0 Å². The maximum absolute atomic E-state index is 12.4. The second-order valence-corrected chi connectivity index (χ2v) is 7.34. The van der Waals surface area contributed by atoms with Crippen LogP contribution in [0.1, 0.15) is 36.2 Å². The van der Waals surface area contributed by atoms with Gasteiger partial charge in [-0.15, -0.1) is 0 Å². The van der Waals surface area contributed by atoms with Crippen LogP contribution in [0.15, 0.2) is 59.5 Å². The van der Waals surface area contributed by atoms with E-state index in [0.29, 0.717) is 12.0 Å². The Balaban J connectivity index is 2.02. The smallest absolute Gasteiger partial charge is 0.240 e. The third-order valence-corrected chi connectivity index (χ3v) is 5.20. The van der Waals surface area contributed by atoms with E-state index in [0.717, 1.165) is 6.42 Å². The zero-order valence-corrected chi connectivity index (χ0v) is 14.1. The molecule has 0 saturated carbocycles. The summed E-state index contributed by atoms with van der Waals surface area (Å²) < 4.78 is 27.5. The van der Waals surface area contributed by atoms with Crippen molar-refractivity contribution in [1.82, 2.24) is 4.72 Å². The lowest BCUT2D eigenvalue weighted by Crippen LogP contribution is -2.33. The molecule has 2 aromatic carbocycles. The minimum atomic E-state index is -3.62. The molecule has 0 spiro atoms. The van der Waals surface area contributed by atoms with Gasteiger partial charge in [-0.2, -0.15) is 0 Å². The lowest BCUT2D eigenvalue weighted by molar-refractivity contribution is 0.101. The van der Waals surface area contributed by atoms with Gasteiger partial charge in [-0.1, -0.05) is 42.5 Å². The van der Waals surface area contributed by atoms with Crippen molar-refractivity contribution in [1.29, 1.82) is 0 Å². The van der Waals surface area contributed by atoms with Gasteiger partial charge in [-0.25, -0.2) is 13.1 Å². The molecule has 0 saturated heterocycles. The van der Waals surface area contributed by atoms with Crippen molar-refractivity contribution in [2.24, 2.45) is 0 Å². The number of rotatable bonds is 7. The van der Waals surface area contributed by atoms with Gasteiger partial charge in [-0.05, 0) is 44.4 Å². The summed E-state index contributed by atoms with van der Waals surface area (Å²) in [7, 11) is -3.62. The van der Waals surface area contributed by atoms with E-state index in [1.54, 1.807) is 12.1 Å². The Morgan fingerprint density at radius 3 is 2.43 bits per heavy atom. The van der Waals surface area contributed by atoms with Crippen LogP contribution in [-0.2, 0) is 16.4 Å². The van der Waals surface area contributed by atoms with Crippen molar-refractivity contribution < 1.29 is 13.2 Å². The van der Waals surface area contributed by atoms with E-state index >= 15 is 0 Å². The molecule has 0 aliphatic carbocycles. The van der Waals surface area contributed by atoms with E-state index in [4.69, 9.17) is 0 Å². The van der Waals surface area contributed by atoms with E-state index in [-0.39, 0.29) is 16.7 Å². The Kier molecular flexibility index (Phi) is 5.69. The molecular weight excluding hydrogens is 310 g/mol. The SMILES string of the molecule is CC(=O)c1cccc(S(=O)(=O)N[C@H](C)CCc2ccccc2)c1. The largest absolute Gasteiger partial charge is 0.295 e. The molecule has 0 aliphatic heterocycles. The highest BCUT2D eigenvalue weighted by molar-refractivity contribution is 7.89. The Hall–Kier alpha value is -1.98. The van der Waals surface area contributed by atoms with Crippen LogP contribution in [-0.4, -0.2) is 20.2 Å². The maximum Gasteiger partial charge on any atom is 0.240 e. The summed E-state index contributed by atoms with van der Waals surface area (Å²) in [5, 5.41) is 0. The number of carbonyl (C=O) groups excluding carboxylic acids is 1. The van der Waals surface area contributed by atoms with Gasteiger partial charge in [-0.3, -0.25) is 4.79 Å². The minimum absolute atomic E-state index is 0.122. The van der Waals surface area contributed by atoms with Crippen molar-refractivity contribution in [2.45, 2.75) is 37.6 Å². The average Bonchev–Trinajstić information content (AvgIpc) is 2.53. The molecule has 0 unspecified atom stereocenters. The highest BCUT2D eigenvalue weighted by atomic mass is 32.2. The number of hydrogen-bond donors (Lipinski definition) is 1. The molecule has 0 fully saturated rings. The van der Waals surface area contributed by atoms with Crippen LogP contribution in [0, 0.1) is 0 Å². The first kappa shape index (κ1) is 17.4. The lowest BCUT2D eigenvalue weighted by Gasteiger charge is -2.14. The fourth-order valence-corrected chi connectivity index (χ4v) is 3.63. The Labute approximate surface area is 137 Å². The summed E-state index contributed by atoms with van der Waals surface area (Å²) in [6, 6.07) is 15.9. The topological polar surface area (TPSA) is 63.2 Å². The third kappa shape index (κ3) is 5.01. The second kappa shape index (κ2) is 7.53. The summed E-state index contributed by atoms with van der Waals surface area (Å²) in [6.07, 6.45) is 1.51. The second-order valence-electron chi connectivity index (χ2n) is 5.63. The monoisotopic (exact) mass is 331 g/mol. The van der Waals surface area contributed by atoms with E-state index in [2.05, 4.69) is 4.72 Å². The normalized spacial score (nSPS) is 12.8. The number of aryl methyl sites for hydroxylation is 1. The van der Waals surface area contributed by atoms with Crippen molar-refractivity contribution in [3.8, 4) is 0 Å². The van der Waals surface area contributed by atoms with E-state index in [1.165, 1.54) is 24.6 Å². The maximum atomic E-state index is 12.4. The highest BCUT2D eigenvalue weighted by Gasteiger charge is 2.18. The van der Waals surface area contributed by atoms with Crippen LogP contribution in [0.4, 0.5) is 0 Å². The molecule has 0 bridgehead atoms. The Bertz CT molecular complexity index is 770. The van der Waals surface area contributed by atoms with Crippen LogP contribution in [0.5, 0.6) is 0 Å². The molecule has 2 rings (SSSR count). The van der Waals surface area contributed by atoms with Crippen molar-refractivity contribution in [3.63, 3.8) is 0 Å². The summed E-state index contributed by atoms with van der Waals surface area (Å²) in [5.41, 5.74) is 1.57. The molecule has 0 aliphatic rings. The Morgan fingerprint density at radius 1 is 1.09 bits per heavy atom. The standard InChI is InChI=1S/C18H21NO3S/c1-14(11-12-16-7-4-3-5-8-16)19-23(21,22)18-10-6-9-17(13-18)15(2)20/h3-10,13-14,19H,11-12H2,1-2H3/t14-/m1/s1. The van der Waals surface area contributed by atoms with Crippen molar-refractivity contribution in [2.75, 3.05) is 0 Å². The molecule has 1 N–H and O–H groups in total. The van der Waals surface area contributed by atoms with Crippen LogP contribution < -0.4 is 4.72 Å². The van der Waals surface area contributed by atoms with Gasteiger partial charge in [0.15, 0.2) is 5.78 Å². The summed E-state index contributed by atoms with van der Waals surface area (Å²) in [5.74, 6) is -0.154. The molecule has 4 nitrogen and oxygen atoms in total. The van der Waals surface area contributed by atoms with Gasteiger partial charge in [0.2, 0.25) is 10.0 Å². The fourth-order valence-electron chi connectivity index (χ4n) is 2.30. The first-order chi connectivity index (χ1) is 10.9. The van der Waals surface area contributed by atoms with Crippen molar-refractivity contribution >= 4 is 15.8 Å². The molecule has 2 aromatic rings. The quantitative estimate of drug-likeness (QED) is 0.793. The van der Waals surface area contributed by atoms with Gasteiger partial charge in [0.25, 0.3) is 0 Å². The molecule has 0 aromatic heterocycles. The minimum Gasteiger partial charge on any atom is -0.295 e. The molecule has 0 radical (unpaired) electrons. The number of sulfonamides is 1. The first-order valence-corrected chi connectivity index (χ1v) is 9.04. The molecule has 122 valence electrons. The van der Waals surface area contributed by atoms with Gasteiger partial charge in [0, 0.05) is 11.6 Å². The third-order valence-electron chi connectivity index (χ3n) is 3.62. The average molecular weight is 331 g/mol. The first-order valence-electron chi connectivity index (χ1n) is 7.56. The number of carbonyl (C=O) groups is 1. The predicted molar refractivity (Wildman–Crippen MR) is 91.0 cm³/mol. The number of benzene rings is 2. The molecule has 1 atom stereocenters. The molecule has 0 heterocycles.